The molecule has 5 nitrogen and oxygen atoms in total. The van der Waals surface area contributed by atoms with Gasteiger partial charge in [-0.1, -0.05) is 0 Å². The van der Waals surface area contributed by atoms with Gasteiger partial charge in [0, 0.05) is 19.3 Å². The van der Waals surface area contributed by atoms with Crippen LogP contribution < -0.4 is 10.1 Å². The highest BCUT2D eigenvalue weighted by Crippen LogP contribution is 2.18. The molecule has 0 spiro atoms. The van der Waals surface area contributed by atoms with Gasteiger partial charge in [0.15, 0.2) is 5.75 Å². The Balaban J connectivity index is 1.94. The molecule has 0 radical (unpaired) electrons. The van der Waals surface area contributed by atoms with Crippen LogP contribution in [0, 0.1) is 11.3 Å². The van der Waals surface area contributed by atoms with Crippen LogP contribution in [0.25, 0.3) is 0 Å². The van der Waals surface area contributed by atoms with Gasteiger partial charge in [-0.25, -0.2) is 0 Å². The Morgan fingerprint density at radius 3 is 3.22 bits per heavy atom. The summed E-state index contributed by atoms with van der Waals surface area (Å²) in [5, 5.41) is 12.2. The SMILES string of the molecule is CC1(C)CNCC(COc2cnccc2C#N)O1. The van der Waals surface area contributed by atoms with Crippen molar-refractivity contribution < 1.29 is 9.47 Å². The summed E-state index contributed by atoms with van der Waals surface area (Å²) in [6.07, 6.45) is 3.12. The fourth-order valence-electron chi connectivity index (χ4n) is 1.93. The van der Waals surface area contributed by atoms with E-state index in [1.165, 1.54) is 0 Å². The first-order chi connectivity index (χ1) is 8.61. The summed E-state index contributed by atoms with van der Waals surface area (Å²) in [4.78, 5) is 3.95. The highest BCUT2D eigenvalue weighted by molar-refractivity contribution is 5.40. The molecule has 1 aromatic heterocycles. The first-order valence-electron chi connectivity index (χ1n) is 5.96. The zero-order valence-electron chi connectivity index (χ0n) is 10.6. The van der Waals surface area contributed by atoms with Crippen molar-refractivity contribution in [2.75, 3.05) is 19.7 Å². The number of pyridine rings is 1. The van der Waals surface area contributed by atoms with E-state index in [1.54, 1.807) is 18.5 Å². The number of nitrogens with one attached hydrogen (secondary N) is 1. The molecular weight excluding hydrogens is 230 g/mol. The quantitative estimate of drug-likeness (QED) is 0.866. The third-order valence-electron chi connectivity index (χ3n) is 2.74. The van der Waals surface area contributed by atoms with Crippen LogP contribution in [0.5, 0.6) is 5.75 Å². The van der Waals surface area contributed by atoms with E-state index in [0.717, 1.165) is 13.1 Å². The molecule has 0 bridgehead atoms. The summed E-state index contributed by atoms with van der Waals surface area (Å²) in [5.74, 6) is 0.506. The van der Waals surface area contributed by atoms with Gasteiger partial charge in [0.25, 0.3) is 0 Å². The van der Waals surface area contributed by atoms with E-state index < -0.39 is 0 Å². The zero-order valence-corrected chi connectivity index (χ0v) is 10.6. The maximum atomic E-state index is 8.94. The second kappa shape index (κ2) is 5.34. The molecule has 18 heavy (non-hydrogen) atoms. The van der Waals surface area contributed by atoms with Crippen molar-refractivity contribution >= 4 is 0 Å². The summed E-state index contributed by atoms with van der Waals surface area (Å²) in [7, 11) is 0. The van der Waals surface area contributed by atoms with E-state index in [2.05, 4.69) is 16.4 Å². The topological polar surface area (TPSA) is 67.2 Å². The minimum Gasteiger partial charge on any atom is -0.488 e. The third kappa shape index (κ3) is 3.19. The van der Waals surface area contributed by atoms with E-state index in [1.807, 2.05) is 13.8 Å². The molecule has 0 amide bonds. The summed E-state index contributed by atoms with van der Waals surface area (Å²) in [5.41, 5.74) is 0.312. The minimum absolute atomic E-state index is 0.0134. The Bertz CT molecular complexity index is 454. The standard InChI is InChI=1S/C13H17N3O2/c1-13(2)9-16-6-11(18-13)8-17-12-7-15-4-3-10(12)5-14/h3-4,7,11,16H,6,8-9H2,1-2H3. The predicted molar refractivity (Wildman–Crippen MR) is 66.3 cm³/mol. The maximum absolute atomic E-state index is 8.94. The van der Waals surface area contributed by atoms with E-state index in [-0.39, 0.29) is 11.7 Å². The van der Waals surface area contributed by atoms with Gasteiger partial charge in [-0.2, -0.15) is 5.26 Å². The van der Waals surface area contributed by atoms with Crippen molar-refractivity contribution in [1.29, 1.82) is 5.26 Å². The van der Waals surface area contributed by atoms with Crippen LogP contribution in [0.4, 0.5) is 0 Å². The monoisotopic (exact) mass is 247 g/mol. The summed E-state index contributed by atoms with van der Waals surface area (Å²) in [6, 6.07) is 3.72. The molecule has 1 unspecified atom stereocenters. The van der Waals surface area contributed by atoms with Gasteiger partial charge in [0.1, 0.15) is 18.8 Å². The highest BCUT2D eigenvalue weighted by Gasteiger charge is 2.28. The van der Waals surface area contributed by atoms with Gasteiger partial charge >= 0.3 is 0 Å². The minimum atomic E-state index is -0.181. The largest absolute Gasteiger partial charge is 0.488 e. The van der Waals surface area contributed by atoms with Crippen LogP contribution in [-0.4, -0.2) is 36.4 Å². The molecule has 0 saturated carbocycles. The molecule has 5 heteroatoms. The van der Waals surface area contributed by atoms with Crippen molar-refractivity contribution in [2.24, 2.45) is 0 Å². The fourth-order valence-corrected chi connectivity index (χ4v) is 1.93. The van der Waals surface area contributed by atoms with Crippen molar-refractivity contribution in [2.45, 2.75) is 25.6 Å². The van der Waals surface area contributed by atoms with Crippen LogP contribution in [-0.2, 0) is 4.74 Å². The Kier molecular flexibility index (Phi) is 3.80. The number of hydrogen-bond donors (Lipinski definition) is 1. The van der Waals surface area contributed by atoms with Gasteiger partial charge in [0.2, 0.25) is 0 Å². The zero-order chi connectivity index (χ0) is 13.0. The van der Waals surface area contributed by atoms with Crippen LogP contribution in [0.2, 0.25) is 0 Å². The number of nitriles is 1. The normalized spacial score (nSPS) is 22.2. The number of ether oxygens (including phenoxy) is 2. The van der Waals surface area contributed by atoms with E-state index in [0.29, 0.717) is 17.9 Å². The van der Waals surface area contributed by atoms with Crippen LogP contribution in [0.3, 0.4) is 0 Å². The molecule has 1 saturated heterocycles. The van der Waals surface area contributed by atoms with Gasteiger partial charge in [-0.3, -0.25) is 4.98 Å². The van der Waals surface area contributed by atoms with E-state index in [9.17, 15) is 0 Å². The lowest BCUT2D eigenvalue weighted by Gasteiger charge is -2.36. The van der Waals surface area contributed by atoms with Gasteiger partial charge in [0.05, 0.1) is 17.4 Å². The van der Waals surface area contributed by atoms with Crippen LogP contribution in [0.15, 0.2) is 18.5 Å². The average molecular weight is 247 g/mol. The van der Waals surface area contributed by atoms with E-state index in [4.69, 9.17) is 14.7 Å². The van der Waals surface area contributed by atoms with Crippen LogP contribution >= 0.6 is 0 Å². The molecule has 1 atom stereocenters. The average Bonchev–Trinajstić information content (AvgIpc) is 2.35. The number of morpholine rings is 1. The lowest BCUT2D eigenvalue weighted by Crippen LogP contribution is -2.52. The summed E-state index contributed by atoms with van der Waals surface area (Å²) < 4.78 is 11.5. The Morgan fingerprint density at radius 1 is 1.67 bits per heavy atom. The first kappa shape index (κ1) is 12.8. The van der Waals surface area contributed by atoms with Crippen LogP contribution in [0.1, 0.15) is 19.4 Å². The number of hydrogen-bond acceptors (Lipinski definition) is 5. The molecule has 1 aliphatic heterocycles. The predicted octanol–water partition coefficient (Wildman–Crippen LogP) is 1.10. The molecule has 0 aliphatic carbocycles. The van der Waals surface area contributed by atoms with Gasteiger partial charge < -0.3 is 14.8 Å². The molecule has 1 fully saturated rings. The molecule has 96 valence electrons. The molecule has 1 N–H and O–H groups in total. The highest BCUT2D eigenvalue weighted by atomic mass is 16.5. The second-order valence-electron chi connectivity index (χ2n) is 4.93. The second-order valence-corrected chi connectivity index (χ2v) is 4.93. The third-order valence-corrected chi connectivity index (χ3v) is 2.74. The Morgan fingerprint density at radius 2 is 2.50 bits per heavy atom. The van der Waals surface area contributed by atoms with Crippen molar-refractivity contribution in [3.05, 3.63) is 24.0 Å². The number of aromatic nitrogens is 1. The summed E-state index contributed by atoms with van der Waals surface area (Å²) in [6.45, 7) is 6.08. The number of nitrogens with zero attached hydrogens (tertiary/aromatic N) is 2. The lowest BCUT2D eigenvalue weighted by molar-refractivity contribution is -0.107. The molecule has 1 aliphatic rings. The Hall–Kier alpha value is -1.64. The number of rotatable bonds is 3. The van der Waals surface area contributed by atoms with Crippen molar-refractivity contribution in [1.82, 2.24) is 10.3 Å². The fraction of sp³-hybridized carbons (Fsp3) is 0.538. The van der Waals surface area contributed by atoms with E-state index >= 15 is 0 Å². The smallest absolute Gasteiger partial charge is 0.155 e. The molecule has 1 aromatic rings. The molecule has 2 heterocycles. The molecule has 2 rings (SSSR count). The van der Waals surface area contributed by atoms with Gasteiger partial charge in [-0.05, 0) is 19.9 Å². The first-order valence-corrected chi connectivity index (χ1v) is 5.96. The van der Waals surface area contributed by atoms with Crippen molar-refractivity contribution in [3.63, 3.8) is 0 Å². The molecular formula is C13H17N3O2. The maximum Gasteiger partial charge on any atom is 0.155 e. The summed E-state index contributed by atoms with van der Waals surface area (Å²) >= 11 is 0. The molecule has 0 aromatic carbocycles. The lowest BCUT2D eigenvalue weighted by atomic mass is 10.1. The van der Waals surface area contributed by atoms with Crippen molar-refractivity contribution in [3.8, 4) is 11.8 Å². The van der Waals surface area contributed by atoms with Gasteiger partial charge in [-0.15, -0.1) is 0 Å². The Labute approximate surface area is 107 Å².